The molecule has 0 aliphatic carbocycles. The predicted molar refractivity (Wildman–Crippen MR) is 83.7 cm³/mol. The lowest BCUT2D eigenvalue weighted by Gasteiger charge is -2.30. The van der Waals surface area contributed by atoms with Crippen molar-refractivity contribution < 1.29 is 4.79 Å². The summed E-state index contributed by atoms with van der Waals surface area (Å²) in [6.07, 6.45) is 2.66. The smallest absolute Gasteiger partial charge is 0.224 e. The number of piperidine rings is 1. The van der Waals surface area contributed by atoms with Crippen LogP contribution in [0.1, 0.15) is 25.3 Å². The van der Waals surface area contributed by atoms with Gasteiger partial charge in [-0.2, -0.15) is 0 Å². The molecule has 19 heavy (non-hydrogen) atoms. The molecule has 2 N–H and O–H groups in total. The van der Waals surface area contributed by atoms with E-state index in [4.69, 9.17) is 0 Å². The Morgan fingerprint density at radius 3 is 2.74 bits per heavy atom. The van der Waals surface area contributed by atoms with Crippen LogP contribution in [-0.4, -0.2) is 24.5 Å². The number of amides is 1. The highest BCUT2D eigenvalue weighted by Gasteiger charge is 2.22. The van der Waals surface area contributed by atoms with Gasteiger partial charge in [0.1, 0.15) is 0 Å². The number of carbonyl (C=O) groups excluding carboxylic acids is 1. The fraction of sp³-hybridized carbons (Fsp3) is 0.500. The number of benzene rings is 1. The number of rotatable bonds is 3. The second kappa shape index (κ2) is 7.88. The highest BCUT2D eigenvalue weighted by Crippen LogP contribution is 2.12. The lowest BCUT2D eigenvalue weighted by Crippen LogP contribution is -2.52. The predicted octanol–water partition coefficient (Wildman–Crippen LogP) is 2.67. The van der Waals surface area contributed by atoms with Crippen LogP contribution in [-0.2, 0) is 11.2 Å². The maximum atomic E-state index is 12.0. The SMILES string of the molecule is CC1NCCCC1NC(=O)Cc1ccc(Br)cc1.Cl. The average Bonchev–Trinajstić information content (AvgIpc) is 2.35. The van der Waals surface area contributed by atoms with Crippen molar-refractivity contribution in [2.24, 2.45) is 0 Å². The Balaban J connectivity index is 0.00000180. The zero-order chi connectivity index (χ0) is 13.0. The minimum Gasteiger partial charge on any atom is -0.352 e. The van der Waals surface area contributed by atoms with Gasteiger partial charge in [0, 0.05) is 16.6 Å². The van der Waals surface area contributed by atoms with E-state index in [2.05, 4.69) is 33.5 Å². The third kappa shape index (κ3) is 5.13. The number of hydrogen-bond donors (Lipinski definition) is 2. The molecule has 2 unspecified atom stereocenters. The molecule has 1 aliphatic rings. The van der Waals surface area contributed by atoms with Crippen molar-refractivity contribution in [3.63, 3.8) is 0 Å². The first-order chi connectivity index (χ1) is 8.65. The maximum Gasteiger partial charge on any atom is 0.224 e. The molecule has 0 saturated carbocycles. The first-order valence-corrected chi connectivity index (χ1v) is 7.21. The van der Waals surface area contributed by atoms with E-state index in [0.29, 0.717) is 12.5 Å². The zero-order valence-corrected chi connectivity index (χ0v) is 13.4. The van der Waals surface area contributed by atoms with E-state index in [1.54, 1.807) is 0 Å². The number of halogens is 2. The molecule has 1 aromatic rings. The van der Waals surface area contributed by atoms with E-state index < -0.39 is 0 Å². The molecule has 2 rings (SSSR count). The van der Waals surface area contributed by atoms with Gasteiger partial charge in [-0.15, -0.1) is 12.4 Å². The average molecular weight is 348 g/mol. The summed E-state index contributed by atoms with van der Waals surface area (Å²) in [6, 6.07) is 8.52. The van der Waals surface area contributed by atoms with Crippen molar-refractivity contribution in [1.82, 2.24) is 10.6 Å². The van der Waals surface area contributed by atoms with Crippen molar-refractivity contribution >= 4 is 34.2 Å². The van der Waals surface area contributed by atoms with Gasteiger partial charge < -0.3 is 10.6 Å². The molecule has 1 heterocycles. The summed E-state index contributed by atoms with van der Waals surface area (Å²) in [4.78, 5) is 12.0. The summed E-state index contributed by atoms with van der Waals surface area (Å²) < 4.78 is 1.04. The second-order valence-electron chi connectivity index (χ2n) is 4.86. The number of hydrogen-bond acceptors (Lipinski definition) is 2. The van der Waals surface area contributed by atoms with E-state index in [1.807, 2.05) is 24.3 Å². The minimum absolute atomic E-state index is 0. The van der Waals surface area contributed by atoms with Gasteiger partial charge in [-0.3, -0.25) is 4.79 Å². The van der Waals surface area contributed by atoms with Crippen molar-refractivity contribution in [3.8, 4) is 0 Å². The van der Waals surface area contributed by atoms with Crippen LogP contribution in [0, 0.1) is 0 Å². The molecule has 106 valence electrons. The molecule has 1 aliphatic heterocycles. The van der Waals surface area contributed by atoms with Crippen molar-refractivity contribution in [1.29, 1.82) is 0 Å². The van der Waals surface area contributed by atoms with Gasteiger partial charge in [0.25, 0.3) is 0 Å². The first-order valence-electron chi connectivity index (χ1n) is 6.42. The van der Waals surface area contributed by atoms with Gasteiger partial charge in [-0.25, -0.2) is 0 Å². The third-order valence-electron chi connectivity index (χ3n) is 3.39. The van der Waals surface area contributed by atoms with Crippen molar-refractivity contribution in [3.05, 3.63) is 34.3 Å². The van der Waals surface area contributed by atoms with Crippen molar-refractivity contribution in [2.45, 2.75) is 38.3 Å². The largest absolute Gasteiger partial charge is 0.352 e. The molecular formula is C14H20BrClN2O. The second-order valence-corrected chi connectivity index (χ2v) is 5.78. The monoisotopic (exact) mass is 346 g/mol. The lowest BCUT2D eigenvalue weighted by molar-refractivity contribution is -0.121. The van der Waals surface area contributed by atoms with E-state index in [9.17, 15) is 4.79 Å². The molecule has 0 radical (unpaired) electrons. The fourth-order valence-electron chi connectivity index (χ4n) is 2.29. The molecular weight excluding hydrogens is 328 g/mol. The van der Waals surface area contributed by atoms with Crippen LogP contribution in [0.25, 0.3) is 0 Å². The maximum absolute atomic E-state index is 12.0. The molecule has 1 amide bonds. The van der Waals surface area contributed by atoms with E-state index in [0.717, 1.165) is 29.4 Å². The summed E-state index contributed by atoms with van der Waals surface area (Å²) in [5.41, 5.74) is 1.05. The third-order valence-corrected chi connectivity index (χ3v) is 3.91. The summed E-state index contributed by atoms with van der Waals surface area (Å²) >= 11 is 3.39. The zero-order valence-electron chi connectivity index (χ0n) is 11.0. The first kappa shape index (κ1) is 16.5. The summed E-state index contributed by atoms with van der Waals surface area (Å²) in [5, 5.41) is 6.51. The van der Waals surface area contributed by atoms with E-state index in [-0.39, 0.29) is 24.4 Å². The lowest BCUT2D eigenvalue weighted by atomic mass is 9.99. The molecule has 2 atom stereocenters. The van der Waals surface area contributed by atoms with Crippen LogP contribution in [0.2, 0.25) is 0 Å². The molecule has 1 aromatic carbocycles. The summed E-state index contributed by atoms with van der Waals surface area (Å²) in [7, 11) is 0. The van der Waals surface area contributed by atoms with Crippen LogP contribution in [0.5, 0.6) is 0 Å². The van der Waals surface area contributed by atoms with E-state index in [1.165, 1.54) is 0 Å². The number of carbonyl (C=O) groups is 1. The van der Waals surface area contributed by atoms with Gasteiger partial charge in [-0.1, -0.05) is 28.1 Å². The van der Waals surface area contributed by atoms with Crippen LogP contribution in [0.3, 0.4) is 0 Å². The van der Waals surface area contributed by atoms with Crippen molar-refractivity contribution in [2.75, 3.05) is 6.54 Å². The molecule has 1 fully saturated rings. The van der Waals surface area contributed by atoms with Gasteiger partial charge in [0.15, 0.2) is 0 Å². The molecule has 0 spiro atoms. The normalized spacial score (nSPS) is 22.4. The highest BCUT2D eigenvalue weighted by atomic mass is 79.9. The standard InChI is InChI=1S/C14H19BrN2O.ClH/c1-10-13(3-2-8-16-10)17-14(18)9-11-4-6-12(15)7-5-11;/h4-7,10,13,16H,2-3,8-9H2,1H3,(H,17,18);1H. The Hall–Kier alpha value is -0.580. The van der Waals surface area contributed by atoms with Gasteiger partial charge in [0.05, 0.1) is 6.42 Å². The Kier molecular flexibility index (Phi) is 6.83. The topological polar surface area (TPSA) is 41.1 Å². The van der Waals surface area contributed by atoms with E-state index >= 15 is 0 Å². The van der Waals surface area contributed by atoms with Gasteiger partial charge in [-0.05, 0) is 44.0 Å². The molecule has 0 aromatic heterocycles. The quantitative estimate of drug-likeness (QED) is 0.882. The fourth-order valence-corrected chi connectivity index (χ4v) is 2.55. The van der Waals surface area contributed by atoms with Crippen LogP contribution in [0.15, 0.2) is 28.7 Å². The summed E-state index contributed by atoms with van der Waals surface area (Å²) in [5.74, 6) is 0.109. The molecule has 1 saturated heterocycles. The van der Waals surface area contributed by atoms with Crippen LogP contribution in [0.4, 0.5) is 0 Å². The number of nitrogens with one attached hydrogen (secondary N) is 2. The highest BCUT2D eigenvalue weighted by molar-refractivity contribution is 9.10. The molecule has 0 bridgehead atoms. The Labute approximate surface area is 129 Å². The van der Waals surface area contributed by atoms with Gasteiger partial charge in [0.2, 0.25) is 5.91 Å². The Bertz CT molecular complexity index is 410. The Morgan fingerprint density at radius 1 is 1.42 bits per heavy atom. The van der Waals surface area contributed by atoms with Crippen LogP contribution >= 0.6 is 28.3 Å². The molecule has 5 heteroatoms. The summed E-state index contributed by atoms with van der Waals surface area (Å²) in [6.45, 7) is 3.18. The van der Waals surface area contributed by atoms with Crippen LogP contribution < -0.4 is 10.6 Å². The van der Waals surface area contributed by atoms with Gasteiger partial charge >= 0.3 is 0 Å². The molecule has 3 nitrogen and oxygen atoms in total. The Morgan fingerprint density at radius 2 is 2.11 bits per heavy atom. The minimum atomic E-state index is 0.